The van der Waals surface area contributed by atoms with Crippen molar-refractivity contribution in [1.29, 1.82) is 5.26 Å². The van der Waals surface area contributed by atoms with Crippen molar-refractivity contribution in [3.63, 3.8) is 0 Å². The second-order valence-electron chi connectivity index (χ2n) is 5.44. The number of nitriles is 1. The molecular formula is C17H14F2N2. The van der Waals surface area contributed by atoms with E-state index in [1.807, 2.05) is 30.3 Å². The Labute approximate surface area is 122 Å². The van der Waals surface area contributed by atoms with Crippen LogP contribution in [0.4, 0.5) is 14.5 Å². The summed E-state index contributed by atoms with van der Waals surface area (Å²) >= 11 is 0. The number of hydrogen-bond donors (Lipinski definition) is 1. The number of nitrogens with zero attached hydrogens (tertiary/aromatic N) is 1. The van der Waals surface area contributed by atoms with Gasteiger partial charge < -0.3 is 5.32 Å². The molecule has 0 spiro atoms. The molecule has 2 aromatic carbocycles. The second kappa shape index (κ2) is 5.17. The summed E-state index contributed by atoms with van der Waals surface area (Å²) in [5, 5.41) is 12.6. The fraction of sp³-hybridized carbons (Fsp3) is 0.235. The summed E-state index contributed by atoms with van der Waals surface area (Å²) < 4.78 is 26.1. The average molecular weight is 284 g/mol. The summed E-state index contributed by atoms with van der Waals surface area (Å²) in [4.78, 5) is 0. The molecule has 0 radical (unpaired) electrons. The lowest BCUT2D eigenvalue weighted by atomic mass is 9.62. The highest BCUT2D eigenvalue weighted by Gasteiger charge is 2.46. The van der Waals surface area contributed by atoms with Gasteiger partial charge in [-0.05, 0) is 30.5 Å². The lowest BCUT2D eigenvalue weighted by molar-refractivity contribution is 0.289. The average Bonchev–Trinajstić information content (AvgIpc) is 2.47. The van der Waals surface area contributed by atoms with Crippen LogP contribution in [0.1, 0.15) is 18.4 Å². The zero-order chi connectivity index (χ0) is 14.9. The first-order valence-corrected chi connectivity index (χ1v) is 6.81. The first kappa shape index (κ1) is 13.6. The van der Waals surface area contributed by atoms with Crippen LogP contribution in [0.25, 0.3) is 0 Å². The lowest BCUT2D eigenvalue weighted by Gasteiger charge is -2.43. The Balaban J connectivity index is 1.70. The molecule has 1 N–H and O–H groups in total. The number of rotatable bonds is 3. The molecule has 2 nitrogen and oxygen atoms in total. The molecule has 4 heteroatoms. The molecule has 0 aliphatic heterocycles. The van der Waals surface area contributed by atoms with Crippen LogP contribution in [0.3, 0.4) is 0 Å². The molecule has 1 saturated carbocycles. The van der Waals surface area contributed by atoms with Crippen LogP contribution < -0.4 is 5.32 Å². The fourth-order valence-corrected chi connectivity index (χ4v) is 2.85. The van der Waals surface area contributed by atoms with Gasteiger partial charge in [0.05, 0.1) is 11.5 Å². The van der Waals surface area contributed by atoms with Gasteiger partial charge in [0.2, 0.25) is 0 Å². The van der Waals surface area contributed by atoms with Crippen molar-refractivity contribution in [2.45, 2.75) is 24.3 Å². The third-order valence-corrected chi connectivity index (χ3v) is 4.02. The molecule has 3 rings (SSSR count). The van der Waals surface area contributed by atoms with Crippen LogP contribution in [0, 0.1) is 23.0 Å². The molecule has 2 aromatic rings. The minimum Gasteiger partial charge on any atom is -0.382 e. The van der Waals surface area contributed by atoms with Gasteiger partial charge in [0, 0.05) is 17.8 Å². The quantitative estimate of drug-likeness (QED) is 0.924. The molecule has 1 aliphatic carbocycles. The van der Waals surface area contributed by atoms with Gasteiger partial charge in [0.1, 0.15) is 0 Å². The Kier molecular flexibility index (Phi) is 3.34. The van der Waals surface area contributed by atoms with E-state index in [1.165, 1.54) is 6.07 Å². The lowest BCUT2D eigenvalue weighted by Crippen LogP contribution is -2.47. The van der Waals surface area contributed by atoms with Crippen LogP contribution in [0.15, 0.2) is 48.5 Å². The van der Waals surface area contributed by atoms with Crippen molar-refractivity contribution in [2.24, 2.45) is 0 Å². The smallest absolute Gasteiger partial charge is 0.160 e. The van der Waals surface area contributed by atoms with Crippen molar-refractivity contribution in [2.75, 3.05) is 5.32 Å². The maximum Gasteiger partial charge on any atom is 0.160 e. The summed E-state index contributed by atoms with van der Waals surface area (Å²) in [6, 6.07) is 15.9. The van der Waals surface area contributed by atoms with Crippen molar-refractivity contribution in [3.8, 4) is 6.07 Å². The van der Waals surface area contributed by atoms with Gasteiger partial charge in [0.25, 0.3) is 0 Å². The van der Waals surface area contributed by atoms with E-state index in [0.717, 1.165) is 17.7 Å². The van der Waals surface area contributed by atoms with Gasteiger partial charge in [-0.2, -0.15) is 5.26 Å². The molecule has 0 unspecified atom stereocenters. The van der Waals surface area contributed by atoms with Crippen LogP contribution in [-0.4, -0.2) is 6.04 Å². The molecule has 1 fully saturated rings. The minimum atomic E-state index is -0.867. The van der Waals surface area contributed by atoms with Crippen molar-refractivity contribution < 1.29 is 8.78 Å². The second-order valence-corrected chi connectivity index (χ2v) is 5.44. The van der Waals surface area contributed by atoms with Gasteiger partial charge in [-0.25, -0.2) is 8.78 Å². The molecule has 0 saturated heterocycles. The molecule has 0 heterocycles. The Morgan fingerprint density at radius 2 is 1.76 bits per heavy atom. The first-order chi connectivity index (χ1) is 10.1. The Morgan fingerprint density at radius 3 is 2.38 bits per heavy atom. The summed E-state index contributed by atoms with van der Waals surface area (Å²) in [7, 11) is 0. The molecule has 21 heavy (non-hydrogen) atoms. The van der Waals surface area contributed by atoms with E-state index in [1.54, 1.807) is 0 Å². The van der Waals surface area contributed by atoms with E-state index in [2.05, 4.69) is 11.4 Å². The SMILES string of the molecule is N#CC1(c2ccccc2)CC(Nc2ccc(F)c(F)c2)C1. The molecule has 106 valence electrons. The summed E-state index contributed by atoms with van der Waals surface area (Å²) in [5.74, 6) is -1.72. The van der Waals surface area contributed by atoms with E-state index in [4.69, 9.17) is 0 Å². The predicted molar refractivity (Wildman–Crippen MR) is 76.7 cm³/mol. The van der Waals surface area contributed by atoms with Gasteiger partial charge in [-0.15, -0.1) is 0 Å². The third-order valence-electron chi connectivity index (χ3n) is 4.02. The number of halogens is 2. The van der Waals surface area contributed by atoms with Crippen LogP contribution in [-0.2, 0) is 5.41 Å². The van der Waals surface area contributed by atoms with Crippen LogP contribution in [0.5, 0.6) is 0 Å². The van der Waals surface area contributed by atoms with Gasteiger partial charge in [0.15, 0.2) is 11.6 Å². The normalized spacial score (nSPS) is 24.0. The highest BCUT2D eigenvalue weighted by atomic mass is 19.2. The molecule has 1 aliphatic rings. The van der Waals surface area contributed by atoms with Gasteiger partial charge >= 0.3 is 0 Å². The summed E-state index contributed by atoms with van der Waals surface area (Å²) in [6.07, 6.45) is 1.32. The monoisotopic (exact) mass is 284 g/mol. The van der Waals surface area contributed by atoms with Gasteiger partial charge in [-0.3, -0.25) is 0 Å². The third kappa shape index (κ3) is 2.47. The Bertz CT molecular complexity index is 686. The van der Waals surface area contributed by atoms with E-state index in [0.29, 0.717) is 18.5 Å². The van der Waals surface area contributed by atoms with Crippen molar-refractivity contribution in [1.82, 2.24) is 0 Å². The number of hydrogen-bond acceptors (Lipinski definition) is 2. The summed E-state index contributed by atoms with van der Waals surface area (Å²) in [6.45, 7) is 0. The number of anilines is 1. The molecule has 0 aromatic heterocycles. The fourth-order valence-electron chi connectivity index (χ4n) is 2.85. The first-order valence-electron chi connectivity index (χ1n) is 6.81. The minimum absolute atomic E-state index is 0.0923. The molecule has 0 amide bonds. The van der Waals surface area contributed by atoms with Crippen LogP contribution >= 0.6 is 0 Å². The summed E-state index contributed by atoms with van der Waals surface area (Å²) in [5.41, 5.74) is 1.08. The number of benzene rings is 2. The van der Waals surface area contributed by atoms with E-state index in [-0.39, 0.29) is 6.04 Å². The standard InChI is InChI=1S/C17H14F2N2/c18-15-7-6-13(8-16(15)19)21-14-9-17(10-14,11-20)12-4-2-1-3-5-12/h1-8,14,21H,9-10H2. The maximum absolute atomic E-state index is 13.2. The zero-order valence-electron chi connectivity index (χ0n) is 11.3. The highest BCUT2D eigenvalue weighted by molar-refractivity contribution is 5.47. The van der Waals surface area contributed by atoms with Crippen molar-refractivity contribution in [3.05, 3.63) is 65.7 Å². The maximum atomic E-state index is 13.2. The van der Waals surface area contributed by atoms with E-state index >= 15 is 0 Å². The van der Waals surface area contributed by atoms with Crippen molar-refractivity contribution >= 4 is 5.69 Å². The highest BCUT2D eigenvalue weighted by Crippen LogP contribution is 2.44. The predicted octanol–water partition coefficient (Wildman–Crippen LogP) is 4.00. The van der Waals surface area contributed by atoms with Gasteiger partial charge in [-0.1, -0.05) is 30.3 Å². The number of nitrogens with one attached hydrogen (secondary N) is 1. The molecular weight excluding hydrogens is 270 g/mol. The molecule has 0 bridgehead atoms. The Hall–Kier alpha value is -2.41. The van der Waals surface area contributed by atoms with E-state index in [9.17, 15) is 14.0 Å². The largest absolute Gasteiger partial charge is 0.382 e. The van der Waals surface area contributed by atoms with E-state index < -0.39 is 17.0 Å². The Morgan fingerprint density at radius 1 is 1.05 bits per heavy atom. The van der Waals surface area contributed by atoms with Crippen LogP contribution in [0.2, 0.25) is 0 Å². The zero-order valence-corrected chi connectivity index (χ0v) is 11.3. The molecule has 0 atom stereocenters. The topological polar surface area (TPSA) is 35.8 Å².